The number of hydrogen-bond donors (Lipinski definition) is 0. The Balaban J connectivity index is 1.90. The third-order valence-electron chi connectivity index (χ3n) is 2.51. The van der Waals surface area contributed by atoms with Gasteiger partial charge in [0.2, 0.25) is 0 Å². The highest BCUT2D eigenvalue weighted by atomic mass is 16.6. The summed E-state index contributed by atoms with van der Waals surface area (Å²) >= 11 is 0. The van der Waals surface area contributed by atoms with Crippen LogP contribution in [0.4, 0.5) is 4.79 Å². The van der Waals surface area contributed by atoms with Gasteiger partial charge in [0.1, 0.15) is 18.1 Å². The summed E-state index contributed by atoms with van der Waals surface area (Å²) in [5.74, 6) is 1.18. The van der Waals surface area contributed by atoms with Crippen molar-refractivity contribution in [2.45, 2.75) is 6.61 Å². The molecule has 1 heterocycles. The average molecular weight is 272 g/mol. The molecule has 104 valence electrons. The summed E-state index contributed by atoms with van der Waals surface area (Å²) in [6.07, 6.45) is 1.31. The van der Waals surface area contributed by atoms with E-state index in [1.165, 1.54) is 4.90 Å². The van der Waals surface area contributed by atoms with E-state index in [9.17, 15) is 4.79 Å². The molecule has 0 saturated carbocycles. The van der Waals surface area contributed by atoms with E-state index >= 15 is 0 Å². The Labute approximate surface area is 117 Å². The van der Waals surface area contributed by atoms with E-state index < -0.39 is 6.09 Å². The van der Waals surface area contributed by atoms with Gasteiger partial charge >= 0.3 is 6.09 Å². The van der Waals surface area contributed by atoms with E-state index in [0.29, 0.717) is 18.1 Å². The lowest BCUT2D eigenvalue weighted by Crippen LogP contribution is -2.25. The van der Waals surface area contributed by atoms with Gasteiger partial charge in [-0.1, -0.05) is 6.07 Å². The van der Waals surface area contributed by atoms with Gasteiger partial charge in [0, 0.05) is 20.3 Å². The Kier molecular flexibility index (Phi) is 4.55. The molecule has 5 heteroatoms. The van der Waals surface area contributed by atoms with Crippen molar-refractivity contribution < 1.29 is 14.3 Å². The SMILES string of the molecule is CN(C)C(=O)Oc1ccc(OCc2ccccn2)cc1. The lowest BCUT2D eigenvalue weighted by Gasteiger charge is -2.11. The second kappa shape index (κ2) is 6.56. The molecule has 5 nitrogen and oxygen atoms in total. The molecule has 2 aromatic rings. The number of nitrogens with zero attached hydrogens (tertiary/aromatic N) is 2. The van der Waals surface area contributed by atoms with Crippen LogP contribution in [0.25, 0.3) is 0 Å². The van der Waals surface area contributed by atoms with E-state index in [1.807, 2.05) is 18.2 Å². The zero-order valence-corrected chi connectivity index (χ0v) is 11.4. The normalized spacial score (nSPS) is 9.90. The molecule has 0 atom stereocenters. The molecule has 1 amide bonds. The highest BCUT2D eigenvalue weighted by Gasteiger charge is 2.06. The van der Waals surface area contributed by atoms with Crippen LogP contribution >= 0.6 is 0 Å². The summed E-state index contributed by atoms with van der Waals surface area (Å²) < 4.78 is 10.7. The number of hydrogen-bond acceptors (Lipinski definition) is 4. The number of carbonyl (C=O) groups excluding carboxylic acids is 1. The summed E-state index contributed by atoms with van der Waals surface area (Å²) in [4.78, 5) is 16.9. The van der Waals surface area contributed by atoms with E-state index in [-0.39, 0.29) is 0 Å². The number of amides is 1. The number of carbonyl (C=O) groups is 1. The van der Waals surface area contributed by atoms with Crippen LogP contribution in [0.15, 0.2) is 48.7 Å². The Morgan fingerprint density at radius 1 is 1.10 bits per heavy atom. The molecule has 1 aromatic carbocycles. The molecule has 0 aliphatic rings. The Morgan fingerprint density at radius 3 is 2.40 bits per heavy atom. The smallest absolute Gasteiger partial charge is 0.414 e. The summed E-state index contributed by atoms with van der Waals surface area (Å²) in [6.45, 7) is 0.400. The van der Waals surface area contributed by atoms with Crippen molar-refractivity contribution in [2.24, 2.45) is 0 Å². The van der Waals surface area contributed by atoms with Crippen molar-refractivity contribution in [3.63, 3.8) is 0 Å². The number of rotatable bonds is 4. The number of ether oxygens (including phenoxy) is 2. The Bertz CT molecular complexity index is 553. The van der Waals surface area contributed by atoms with Gasteiger partial charge in [-0.25, -0.2) is 4.79 Å². The fourth-order valence-corrected chi connectivity index (χ4v) is 1.44. The fraction of sp³-hybridized carbons (Fsp3) is 0.200. The maximum Gasteiger partial charge on any atom is 0.414 e. The third-order valence-corrected chi connectivity index (χ3v) is 2.51. The molecule has 0 saturated heterocycles. The predicted octanol–water partition coefficient (Wildman–Crippen LogP) is 2.72. The van der Waals surface area contributed by atoms with Gasteiger partial charge in [0.05, 0.1) is 5.69 Å². The van der Waals surface area contributed by atoms with E-state index in [2.05, 4.69) is 4.98 Å². The minimum Gasteiger partial charge on any atom is -0.487 e. The van der Waals surface area contributed by atoms with Crippen molar-refractivity contribution in [1.29, 1.82) is 0 Å². The van der Waals surface area contributed by atoms with Crippen LogP contribution in [0.2, 0.25) is 0 Å². The maximum absolute atomic E-state index is 11.4. The molecule has 0 radical (unpaired) electrons. The van der Waals surface area contributed by atoms with Crippen molar-refractivity contribution >= 4 is 6.09 Å². The first-order chi connectivity index (χ1) is 9.65. The minimum absolute atomic E-state index is 0.400. The standard InChI is InChI=1S/C15H16N2O3/c1-17(2)15(18)20-14-8-6-13(7-9-14)19-11-12-5-3-4-10-16-12/h3-10H,11H2,1-2H3. The average Bonchev–Trinajstić information content (AvgIpc) is 2.47. The summed E-state index contributed by atoms with van der Waals surface area (Å²) in [7, 11) is 3.26. The molecule has 0 spiro atoms. The predicted molar refractivity (Wildman–Crippen MR) is 74.7 cm³/mol. The zero-order valence-electron chi connectivity index (χ0n) is 11.4. The van der Waals surface area contributed by atoms with Crippen molar-refractivity contribution in [3.8, 4) is 11.5 Å². The van der Waals surface area contributed by atoms with Crippen molar-refractivity contribution in [1.82, 2.24) is 9.88 Å². The van der Waals surface area contributed by atoms with E-state index in [4.69, 9.17) is 9.47 Å². The van der Waals surface area contributed by atoms with E-state index in [1.54, 1.807) is 44.6 Å². The van der Waals surface area contributed by atoms with Gasteiger partial charge in [0.25, 0.3) is 0 Å². The molecule has 1 aromatic heterocycles. The second-order valence-electron chi connectivity index (χ2n) is 4.34. The molecule has 0 N–H and O–H groups in total. The van der Waals surface area contributed by atoms with Gasteiger partial charge in [0.15, 0.2) is 0 Å². The van der Waals surface area contributed by atoms with Gasteiger partial charge in [-0.15, -0.1) is 0 Å². The van der Waals surface area contributed by atoms with Crippen LogP contribution < -0.4 is 9.47 Å². The topological polar surface area (TPSA) is 51.7 Å². The summed E-state index contributed by atoms with van der Waals surface area (Å²) in [6, 6.07) is 12.5. The molecule has 0 aliphatic heterocycles. The highest BCUT2D eigenvalue weighted by Crippen LogP contribution is 2.18. The highest BCUT2D eigenvalue weighted by molar-refractivity contribution is 5.69. The van der Waals surface area contributed by atoms with E-state index in [0.717, 1.165) is 5.69 Å². The van der Waals surface area contributed by atoms with Crippen LogP contribution in [0.5, 0.6) is 11.5 Å². The van der Waals surface area contributed by atoms with Crippen LogP contribution in [0.3, 0.4) is 0 Å². The van der Waals surface area contributed by atoms with Gasteiger partial charge < -0.3 is 14.4 Å². The lowest BCUT2D eigenvalue weighted by molar-refractivity contribution is 0.172. The summed E-state index contributed by atoms with van der Waals surface area (Å²) in [5.41, 5.74) is 0.857. The first-order valence-electron chi connectivity index (χ1n) is 6.17. The number of benzene rings is 1. The maximum atomic E-state index is 11.4. The largest absolute Gasteiger partial charge is 0.487 e. The van der Waals surface area contributed by atoms with Crippen molar-refractivity contribution in [2.75, 3.05) is 14.1 Å². The Hall–Kier alpha value is -2.56. The Morgan fingerprint density at radius 2 is 1.80 bits per heavy atom. The number of pyridine rings is 1. The molecule has 2 rings (SSSR count). The quantitative estimate of drug-likeness (QED) is 0.858. The first-order valence-corrected chi connectivity index (χ1v) is 6.17. The van der Waals surface area contributed by atoms with Crippen LogP contribution in [-0.4, -0.2) is 30.1 Å². The molecule has 0 bridgehead atoms. The lowest BCUT2D eigenvalue weighted by atomic mass is 10.3. The molecule has 0 unspecified atom stereocenters. The fourth-order valence-electron chi connectivity index (χ4n) is 1.44. The first kappa shape index (κ1) is 13.9. The molecular weight excluding hydrogens is 256 g/mol. The van der Waals surface area contributed by atoms with Gasteiger partial charge in [-0.3, -0.25) is 4.98 Å². The monoisotopic (exact) mass is 272 g/mol. The second-order valence-corrected chi connectivity index (χ2v) is 4.34. The van der Waals surface area contributed by atoms with Crippen LogP contribution in [0.1, 0.15) is 5.69 Å². The van der Waals surface area contributed by atoms with Gasteiger partial charge in [-0.2, -0.15) is 0 Å². The van der Waals surface area contributed by atoms with Crippen LogP contribution in [-0.2, 0) is 6.61 Å². The third kappa shape index (κ3) is 3.98. The summed E-state index contributed by atoms with van der Waals surface area (Å²) in [5, 5.41) is 0. The van der Waals surface area contributed by atoms with Crippen LogP contribution in [0, 0.1) is 0 Å². The number of aromatic nitrogens is 1. The molecule has 0 aliphatic carbocycles. The van der Waals surface area contributed by atoms with Crippen molar-refractivity contribution in [3.05, 3.63) is 54.4 Å². The molecule has 20 heavy (non-hydrogen) atoms. The van der Waals surface area contributed by atoms with Gasteiger partial charge in [-0.05, 0) is 36.4 Å². The molecule has 0 fully saturated rings. The minimum atomic E-state index is -0.410. The molecular formula is C15H16N2O3. The zero-order chi connectivity index (χ0) is 14.4.